The van der Waals surface area contributed by atoms with Gasteiger partial charge in [-0.2, -0.15) is 0 Å². The molecule has 96 valence electrons. The van der Waals surface area contributed by atoms with E-state index >= 15 is 0 Å². The largest absolute Gasteiger partial charge is 0.384 e. The van der Waals surface area contributed by atoms with Gasteiger partial charge in [0, 0.05) is 0 Å². The molecule has 0 radical (unpaired) electrons. The van der Waals surface area contributed by atoms with Gasteiger partial charge in [-0.15, -0.1) is 0 Å². The van der Waals surface area contributed by atoms with E-state index in [9.17, 15) is 13.9 Å². The number of hydrogen-bond donors (Lipinski definition) is 1. The summed E-state index contributed by atoms with van der Waals surface area (Å²) in [7, 11) is 0. The first-order valence-corrected chi connectivity index (χ1v) is 6.41. The maximum absolute atomic E-state index is 12.7. The van der Waals surface area contributed by atoms with Crippen molar-refractivity contribution in [1.82, 2.24) is 0 Å². The molecule has 0 heterocycles. The maximum Gasteiger partial charge on any atom is 0.124 e. The summed E-state index contributed by atoms with van der Waals surface area (Å²) in [4.78, 5) is 0. The molecule has 1 N–H and O–H groups in total. The van der Waals surface area contributed by atoms with Gasteiger partial charge < -0.3 is 5.11 Å². The lowest BCUT2D eigenvalue weighted by Crippen LogP contribution is -2.44. The zero-order valence-corrected chi connectivity index (χ0v) is 10.4. The van der Waals surface area contributed by atoms with E-state index in [1.807, 2.05) is 0 Å². The van der Waals surface area contributed by atoms with Crippen molar-refractivity contribution < 1.29 is 13.9 Å². The predicted molar refractivity (Wildman–Crippen MR) is 61.8 cm³/mol. The molecule has 16 heavy (non-hydrogen) atoms. The van der Waals surface area contributed by atoms with E-state index in [1.54, 1.807) is 0 Å². The molecule has 0 aromatic rings. The minimum Gasteiger partial charge on any atom is -0.384 e. The van der Waals surface area contributed by atoms with Crippen LogP contribution in [0.25, 0.3) is 0 Å². The van der Waals surface area contributed by atoms with Crippen LogP contribution in [0.2, 0.25) is 0 Å². The van der Waals surface area contributed by atoms with Gasteiger partial charge in [0.25, 0.3) is 0 Å². The second-order valence-corrected chi connectivity index (χ2v) is 5.37. The molecule has 0 aromatic carbocycles. The Bertz CT molecular complexity index is 196. The van der Waals surface area contributed by atoms with Gasteiger partial charge in [0.2, 0.25) is 0 Å². The number of halogens is 2. The minimum absolute atomic E-state index is 0.192. The summed E-state index contributed by atoms with van der Waals surface area (Å²) in [5, 5.41) is 9.79. The highest BCUT2D eigenvalue weighted by Gasteiger charge is 2.39. The molecule has 1 saturated carbocycles. The normalized spacial score (nSPS) is 29.1. The van der Waals surface area contributed by atoms with Crippen molar-refractivity contribution in [2.45, 2.75) is 51.6 Å². The Labute approximate surface area is 97.2 Å². The average molecular weight is 234 g/mol. The third-order valence-corrected chi connectivity index (χ3v) is 4.44. The minimum atomic E-state index is -1.71. The number of hydrogen-bond acceptors (Lipinski definition) is 1. The van der Waals surface area contributed by atoms with E-state index in [1.165, 1.54) is 0 Å². The highest BCUT2D eigenvalue weighted by Crippen LogP contribution is 2.39. The van der Waals surface area contributed by atoms with Crippen molar-refractivity contribution in [2.24, 2.45) is 17.8 Å². The lowest BCUT2D eigenvalue weighted by Gasteiger charge is -2.38. The topological polar surface area (TPSA) is 20.2 Å². The second kappa shape index (κ2) is 5.95. The van der Waals surface area contributed by atoms with E-state index in [0.717, 1.165) is 32.1 Å². The molecule has 0 aliphatic heterocycles. The van der Waals surface area contributed by atoms with Crippen LogP contribution in [-0.2, 0) is 0 Å². The first kappa shape index (κ1) is 13.9. The fourth-order valence-corrected chi connectivity index (χ4v) is 2.81. The van der Waals surface area contributed by atoms with E-state index < -0.39 is 19.0 Å². The predicted octanol–water partition coefficient (Wildman–Crippen LogP) is 3.51. The third-order valence-electron chi connectivity index (χ3n) is 4.44. The number of alkyl halides is 2. The summed E-state index contributed by atoms with van der Waals surface area (Å²) in [6, 6.07) is 0. The van der Waals surface area contributed by atoms with Gasteiger partial charge >= 0.3 is 0 Å². The SMILES string of the molecule is CCC(C)C1CCC(C(O)(CF)CF)CC1. The maximum atomic E-state index is 12.7. The van der Waals surface area contributed by atoms with Crippen molar-refractivity contribution in [3.63, 3.8) is 0 Å². The lowest BCUT2D eigenvalue weighted by molar-refractivity contribution is -0.0730. The summed E-state index contributed by atoms with van der Waals surface area (Å²) in [6.07, 6.45) is 4.69. The molecule has 1 atom stereocenters. The van der Waals surface area contributed by atoms with Crippen LogP contribution in [0, 0.1) is 17.8 Å². The van der Waals surface area contributed by atoms with Crippen LogP contribution in [0.5, 0.6) is 0 Å². The monoisotopic (exact) mass is 234 g/mol. The van der Waals surface area contributed by atoms with Crippen molar-refractivity contribution >= 4 is 0 Å². The van der Waals surface area contributed by atoms with Gasteiger partial charge in [0.15, 0.2) is 0 Å². The van der Waals surface area contributed by atoms with Crippen molar-refractivity contribution in [3.8, 4) is 0 Å². The van der Waals surface area contributed by atoms with Crippen LogP contribution in [0.1, 0.15) is 46.0 Å². The average Bonchev–Trinajstić information content (AvgIpc) is 2.37. The molecule has 0 bridgehead atoms. The molecule has 0 saturated heterocycles. The van der Waals surface area contributed by atoms with E-state index in [2.05, 4.69) is 13.8 Å². The third kappa shape index (κ3) is 2.93. The summed E-state index contributed by atoms with van der Waals surface area (Å²) >= 11 is 0. The number of rotatable bonds is 5. The second-order valence-electron chi connectivity index (χ2n) is 5.37. The molecule has 1 aliphatic carbocycles. The van der Waals surface area contributed by atoms with Gasteiger partial charge in [-0.25, -0.2) is 8.78 Å². The summed E-state index contributed by atoms with van der Waals surface area (Å²) in [6.45, 7) is 2.50. The Morgan fingerprint density at radius 1 is 1.19 bits per heavy atom. The van der Waals surface area contributed by atoms with Crippen molar-refractivity contribution in [2.75, 3.05) is 13.3 Å². The van der Waals surface area contributed by atoms with E-state index in [0.29, 0.717) is 11.8 Å². The van der Waals surface area contributed by atoms with Crippen LogP contribution >= 0.6 is 0 Å². The Morgan fingerprint density at radius 2 is 1.69 bits per heavy atom. The van der Waals surface area contributed by atoms with Gasteiger partial charge in [-0.1, -0.05) is 20.3 Å². The summed E-state index contributed by atoms with van der Waals surface area (Å²) < 4.78 is 25.3. The molecule has 1 fully saturated rings. The van der Waals surface area contributed by atoms with Gasteiger partial charge in [-0.05, 0) is 43.4 Å². The Kier molecular flexibility index (Phi) is 5.16. The zero-order chi connectivity index (χ0) is 12.2. The molecule has 3 heteroatoms. The van der Waals surface area contributed by atoms with Crippen LogP contribution in [0.15, 0.2) is 0 Å². The van der Waals surface area contributed by atoms with Crippen LogP contribution in [0.4, 0.5) is 8.78 Å². The molecule has 0 aromatic heterocycles. The van der Waals surface area contributed by atoms with Crippen molar-refractivity contribution in [3.05, 3.63) is 0 Å². The molecule has 0 amide bonds. The van der Waals surface area contributed by atoms with Crippen LogP contribution in [0.3, 0.4) is 0 Å². The quantitative estimate of drug-likeness (QED) is 0.771. The fraction of sp³-hybridized carbons (Fsp3) is 1.00. The molecular formula is C13H24F2O. The van der Waals surface area contributed by atoms with Crippen LogP contribution < -0.4 is 0 Å². The summed E-state index contributed by atoms with van der Waals surface area (Å²) in [5.74, 6) is 1.16. The fourth-order valence-electron chi connectivity index (χ4n) is 2.81. The first-order valence-electron chi connectivity index (χ1n) is 6.41. The highest BCUT2D eigenvalue weighted by atomic mass is 19.1. The van der Waals surface area contributed by atoms with E-state index in [4.69, 9.17) is 0 Å². The molecule has 1 unspecified atom stereocenters. The van der Waals surface area contributed by atoms with Crippen LogP contribution in [-0.4, -0.2) is 24.1 Å². The first-order chi connectivity index (χ1) is 7.57. The molecular weight excluding hydrogens is 210 g/mol. The van der Waals surface area contributed by atoms with E-state index in [-0.39, 0.29) is 5.92 Å². The van der Waals surface area contributed by atoms with Gasteiger partial charge in [-0.3, -0.25) is 0 Å². The Morgan fingerprint density at radius 3 is 2.06 bits per heavy atom. The highest BCUT2D eigenvalue weighted by molar-refractivity contribution is 4.89. The molecule has 0 spiro atoms. The molecule has 1 rings (SSSR count). The number of aliphatic hydroxyl groups is 1. The smallest absolute Gasteiger partial charge is 0.124 e. The Balaban J connectivity index is 2.48. The Hall–Kier alpha value is -0.180. The molecule has 1 nitrogen and oxygen atoms in total. The zero-order valence-electron chi connectivity index (χ0n) is 10.4. The molecule has 1 aliphatic rings. The van der Waals surface area contributed by atoms with Crippen molar-refractivity contribution in [1.29, 1.82) is 0 Å². The van der Waals surface area contributed by atoms with Gasteiger partial charge in [0.05, 0.1) is 0 Å². The lowest BCUT2D eigenvalue weighted by atomic mass is 9.70. The summed E-state index contributed by atoms with van der Waals surface area (Å²) in [5.41, 5.74) is -1.71. The standard InChI is InChI=1S/C13H24F2O/c1-3-10(2)11-4-6-12(7-5-11)13(16,8-14)9-15/h10-12,16H,3-9H2,1-2H3. The van der Waals surface area contributed by atoms with Gasteiger partial charge in [0.1, 0.15) is 19.0 Å².